The fourth-order valence-corrected chi connectivity index (χ4v) is 2.20. The van der Waals surface area contributed by atoms with Crippen LogP contribution in [0.2, 0.25) is 0 Å². The fourth-order valence-electron chi connectivity index (χ4n) is 2.20. The van der Waals surface area contributed by atoms with Crippen LogP contribution in [0.3, 0.4) is 0 Å². The maximum atomic E-state index is 11.3. The van der Waals surface area contributed by atoms with Crippen molar-refractivity contribution in [1.29, 1.82) is 0 Å². The van der Waals surface area contributed by atoms with Gasteiger partial charge in [-0.15, -0.1) is 0 Å². The van der Waals surface area contributed by atoms with Crippen LogP contribution in [0.15, 0.2) is 48.5 Å². The lowest BCUT2D eigenvalue weighted by molar-refractivity contribution is -0.114. The number of aromatic nitrogens is 2. The van der Waals surface area contributed by atoms with Crippen LogP contribution in [0, 0.1) is 0 Å². The van der Waals surface area contributed by atoms with E-state index >= 15 is 0 Å². The highest BCUT2D eigenvalue weighted by Gasteiger charge is 2.11. The van der Waals surface area contributed by atoms with Crippen molar-refractivity contribution in [2.75, 3.05) is 11.1 Å². The number of nitrogen functional groups attached to an aromatic ring is 1. The molecule has 1 aromatic heterocycles. The minimum absolute atomic E-state index is 0.142. The molecule has 0 unspecified atom stereocenters. The lowest BCUT2D eigenvalue weighted by Crippen LogP contribution is -2.07. The highest BCUT2D eigenvalue weighted by atomic mass is 16.1. The predicted octanol–water partition coefficient (Wildman–Crippen LogP) is 2.84. The zero-order chi connectivity index (χ0) is 14.8. The second-order valence-corrected chi connectivity index (χ2v) is 4.68. The van der Waals surface area contributed by atoms with Gasteiger partial charge in [-0.2, -0.15) is 0 Å². The summed E-state index contributed by atoms with van der Waals surface area (Å²) in [6.07, 6.45) is 0. The number of hydrogen-bond donors (Lipinski definition) is 2. The van der Waals surface area contributed by atoms with Crippen molar-refractivity contribution >= 4 is 28.3 Å². The van der Waals surface area contributed by atoms with Crippen LogP contribution >= 0.6 is 0 Å². The Morgan fingerprint density at radius 2 is 1.76 bits per heavy atom. The molecule has 5 nitrogen and oxygen atoms in total. The van der Waals surface area contributed by atoms with Gasteiger partial charge in [0.15, 0.2) is 5.82 Å². The van der Waals surface area contributed by atoms with Crippen LogP contribution in [0.25, 0.3) is 22.3 Å². The normalized spacial score (nSPS) is 10.5. The molecule has 104 valence electrons. The van der Waals surface area contributed by atoms with Gasteiger partial charge in [-0.05, 0) is 24.3 Å². The Morgan fingerprint density at radius 1 is 1.05 bits per heavy atom. The number of amides is 1. The second kappa shape index (κ2) is 5.20. The van der Waals surface area contributed by atoms with E-state index in [2.05, 4.69) is 15.3 Å². The molecule has 0 aliphatic rings. The molecular formula is C16H14N4O. The second-order valence-electron chi connectivity index (χ2n) is 4.68. The first-order valence-corrected chi connectivity index (χ1v) is 6.54. The zero-order valence-corrected chi connectivity index (χ0v) is 11.5. The van der Waals surface area contributed by atoms with Gasteiger partial charge in [0.1, 0.15) is 5.82 Å². The average Bonchev–Trinajstić information content (AvgIpc) is 2.47. The third-order valence-electron chi connectivity index (χ3n) is 3.11. The van der Waals surface area contributed by atoms with Gasteiger partial charge in [-0.3, -0.25) is 4.79 Å². The summed E-state index contributed by atoms with van der Waals surface area (Å²) < 4.78 is 0. The SMILES string of the molecule is CC(=O)Nc1ccccc1-c1nc(N)c2ccccc2n1. The molecular weight excluding hydrogens is 264 g/mol. The highest BCUT2D eigenvalue weighted by molar-refractivity contribution is 5.95. The van der Waals surface area contributed by atoms with Crippen molar-refractivity contribution in [2.45, 2.75) is 6.92 Å². The summed E-state index contributed by atoms with van der Waals surface area (Å²) in [5.41, 5.74) is 8.19. The maximum Gasteiger partial charge on any atom is 0.221 e. The van der Waals surface area contributed by atoms with Gasteiger partial charge in [0.05, 0.1) is 11.2 Å². The first kappa shape index (κ1) is 13.1. The molecule has 2 aromatic carbocycles. The summed E-state index contributed by atoms with van der Waals surface area (Å²) in [5, 5.41) is 3.60. The first-order chi connectivity index (χ1) is 10.1. The number of nitrogens with two attached hydrogens (primary N) is 1. The molecule has 0 atom stereocenters. The van der Waals surface area contributed by atoms with E-state index in [0.29, 0.717) is 17.3 Å². The van der Waals surface area contributed by atoms with E-state index in [9.17, 15) is 4.79 Å². The van der Waals surface area contributed by atoms with Crippen LogP contribution < -0.4 is 11.1 Å². The van der Waals surface area contributed by atoms with Crippen molar-refractivity contribution in [2.24, 2.45) is 0 Å². The van der Waals surface area contributed by atoms with Crippen molar-refractivity contribution in [3.8, 4) is 11.4 Å². The molecule has 0 radical (unpaired) electrons. The summed E-state index contributed by atoms with van der Waals surface area (Å²) >= 11 is 0. The molecule has 1 amide bonds. The van der Waals surface area contributed by atoms with Gasteiger partial charge in [-0.1, -0.05) is 24.3 Å². The Morgan fingerprint density at radius 3 is 2.57 bits per heavy atom. The molecule has 21 heavy (non-hydrogen) atoms. The summed E-state index contributed by atoms with van der Waals surface area (Å²) in [4.78, 5) is 20.2. The number of anilines is 2. The molecule has 0 saturated carbocycles. The van der Waals surface area contributed by atoms with Gasteiger partial charge >= 0.3 is 0 Å². The number of carbonyl (C=O) groups is 1. The largest absolute Gasteiger partial charge is 0.383 e. The third-order valence-corrected chi connectivity index (χ3v) is 3.11. The molecule has 3 rings (SSSR count). The lowest BCUT2D eigenvalue weighted by Gasteiger charge is -2.10. The molecule has 3 aromatic rings. The molecule has 0 saturated heterocycles. The van der Waals surface area contributed by atoms with Crippen LogP contribution in [0.1, 0.15) is 6.92 Å². The summed E-state index contributed by atoms with van der Waals surface area (Å²) in [6.45, 7) is 1.46. The van der Waals surface area contributed by atoms with Crippen molar-refractivity contribution < 1.29 is 4.79 Å². The summed E-state index contributed by atoms with van der Waals surface area (Å²) in [6, 6.07) is 15.0. The molecule has 0 spiro atoms. The number of nitrogens with one attached hydrogen (secondary N) is 1. The van der Waals surface area contributed by atoms with E-state index in [0.717, 1.165) is 16.5 Å². The van der Waals surface area contributed by atoms with Crippen molar-refractivity contribution in [3.63, 3.8) is 0 Å². The number of carbonyl (C=O) groups excluding carboxylic acids is 1. The van der Waals surface area contributed by atoms with E-state index in [1.165, 1.54) is 6.92 Å². The Kier molecular flexibility index (Phi) is 3.23. The Labute approximate surface area is 121 Å². The molecule has 0 bridgehead atoms. The number of para-hydroxylation sites is 2. The molecule has 1 heterocycles. The van der Waals surface area contributed by atoms with Crippen LogP contribution in [0.4, 0.5) is 11.5 Å². The smallest absolute Gasteiger partial charge is 0.221 e. The number of rotatable bonds is 2. The van der Waals surface area contributed by atoms with E-state index < -0.39 is 0 Å². The van der Waals surface area contributed by atoms with Crippen LogP contribution in [-0.2, 0) is 4.79 Å². The monoisotopic (exact) mass is 278 g/mol. The highest BCUT2D eigenvalue weighted by Crippen LogP contribution is 2.28. The first-order valence-electron chi connectivity index (χ1n) is 6.54. The number of benzene rings is 2. The summed E-state index contributed by atoms with van der Waals surface area (Å²) in [5.74, 6) is 0.778. The lowest BCUT2D eigenvalue weighted by atomic mass is 10.1. The molecule has 0 fully saturated rings. The predicted molar refractivity (Wildman–Crippen MR) is 83.7 cm³/mol. The molecule has 0 aliphatic heterocycles. The van der Waals surface area contributed by atoms with Gasteiger partial charge in [0.2, 0.25) is 5.91 Å². The van der Waals surface area contributed by atoms with Crippen LogP contribution in [-0.4, -0.2) is 15.9 Å². The number of hydrogen-bond acceptors (Lipinski definition) is 4. The fraction of sp³-hybridized carbons (Fsp3) is 0.0625. The topological polar surface area (TPSA) is 80.9 Å². The van der Waals surface area contributed by atoms with Crippen molar-refractivity contribution in [3.05, 3.63) is 48.5 Å². The Balaban J connectivity index is 2.19. The quantitative estimate of drug-likeness (QED) is 0.755. The third kappa shape index (κ3) is 2.53. The Bertz CT molecular complexity index is 829. The average molecular weight is 278 g/mol. The van der Waals surface area contributed by atoms with Gasteiger partial charge in [0, 0.05) is 17.9 Å². The zero-order valence-electron chi connectivity index (χ0n) is 11.5. The minimum atomic E-state index is -0.142. The maximum absolute atomic E-state index is 11.3. The number of nitrogens with zero attached hydrogens (tertiary/aromatic N) is 2. The van der Waals surface area contributed by atoms with E-state index in [4.69, 9.17) is 5.73 Å². The summed E-state index contributed by atoms with van der Waals surface area (Å²) in [7, 11) is 0. The van der Waals surface area contributed by atoms with Crippen LogP contribution in [0.5, 0.6) is 0 Å². The van der Waals surface area contributed by atoms with Gasteiger partial charge in [-0.25, -0.2) is 9.97 Å². The van der Waals surface area contributed by atoms with Crippen molar-refractivity contribution in [1.82, 2.24) is 9.97 Å². The van der Waals surface area contributed by atoms with Gasteiger partial charge in [0.25, 0.3) is 0 Å². The van der Waals surface area contributed by atoms with Gasteiger partial charge < -0.3 is 11.1 Å². The minimum Gasteiger partial charge on any atom is -0.383 e. The molecule has 3 N–H and O–H groups in total. The molecule has 5 heteroatoms. The standard InChI is InChI=1S/C16H14N4O/c1-10(21)18-14-9-5-3-7-12(14)16-19-13-8-4-2-6-11(13)15(17)20-16/h2-9H,1H3,(H,18,21)(H2,17,19,20). The van der Waals surface area contributed by atoms with E-state index in [1.54, 1.807) is 0 Å². The number of fused-ring (bicyclic) bond motifs is 1. The van der Waals surface area contributed by atoms with E-state index in [-0.39, 0.29) is 5.91 Å². The Hall–Kier alpha value is -2.95. The van der Waals surface area contributed by atoms with E-state index in [1.807, 2.05) is 48.5 Å². The molecule has 0 aliphatic carbocycles.